The highest BCUT2D eigenvalue weighted by atomic mass is 32.2. The minimum absolute atomic E-state index is 0.109. The molecule has 0 aromatic carbocycles. The summed E-state index contributed by atoms with van der Waals surface area (Å²) in [5, 5.41) is 11.4. The summed E-state index contributed by atoms with van der Waals surface area (Å²) in [6, 6.07) is 0. The maximum atomic E-state index is 11.2. The van der Waals surface area contributed by atoms with Gasteiger partial charge in [0.25, 0.3) is 0 Å². The zero-order chi connectivity index (χ0) is 11.3. The van der Waals surface area contributed by atoms with Crippen molar-refractivity contribution in [2.24, 2.45) is 10.9 Å². The second-order valence-corrected chi connectivity index (χ2v) is 6.38. The predicted octanol–water partition coefficient (Wildman–Crippen LogP) is 0.211. The predicted molar refractivity (Wildman–Crippen MR) is 61.3 cm³/mol. The van der Waals surface area contributed by atoms with Gasteiger partial charge in [0.2, 0.25) is 0 Å². The number of nitriles is 1. The molecule has 0 aromatic rings. The minimum atomic E-state index is -2.82. The molecule has 1 aliphatic heterocycles. The van der Waals surface area contributed by atoms with Crippen LogP contribution in [0.25, 0.3) is 0 Å². The topological polar surface area (TPSA) is 82.3 Å². The molecule has 0 amide bonds. The molecule has 1 atom stereocenters. The fourth-order valence-electron chi connectivity index (χ4n) is 1.43. The summed E-state index contributed by atoms with van der Waals surface area (Å²) in [5.74, 6) is 0.607. The Labute approximate surface area is 93.9 Å². The van der Waals surface area contributed by atoms with E-state index in [0.29, 0.717) is 18.1 Å². The van der Waals surface area contributed by atoms with Crippen LogP contribution in [0.1, 0.15) is 6.42 Å². The van der Waals surface area contributed by atoms with Crippen LogP contribution in [-0.2, 0) is 9.84 Å². The van der Waals surface area contributed by atoms with E-state index in [1.807, 2.05) is 6.26 Å². The Kier molecular flexibility index (Phi) is 4.42. The van der Waals surface area contributed by atoms with Crippen molar-refractivity contribution < 1.29 is 8.42 Å². The van der Waals surface area contributed by atoms with E-state index in [2.05, 4.69) is 10.3 Å². The summed E-state index contributed by atoms with van der Waals surface area (Å²) < 4.78 is 22.3. The molecule has 1 saturated heterocycles. The first-order valence-corrected chi connectivity index (χ1v) is 7.56. The Balaban J connectivity index is 2.47. The van der Waals surface area contributed by atoms with Gasteiger partial charge >= 0.3 is 0 Å². The summed E-state index contributed by atoms with van der Waals surface area (Å²) in [4.78, 5) is 4.16. The Morgan fingerprint density at radius 3 is 2.93 bits per heavy atom. The Hall–Kier alpha value is -0.740. The van der Waals surface area contributed by atoms with Gasteiger partial charge in [-0.15, -0.1) is 0 Å². The smallest absolute Gasteiger partial charge is 0.183 e. The Morgan fingerprint density at radius 2 is 2.47 bits per heavy atom. The van der Waals surface area contributed by atoms with Crippen molar-refractivity contribution in [2.45, 2.75) is 6.42 Å². The van der Waals surface area contributed by atoms with Gasteiger partial charge < -0.3 is 0 Å². The molecule has 0 aliphatic carbocycles. The lowest BCUT2D eigenvalue weighted by molar-refractivity contribution is 0.591. The zero-order valence-electron chi connectivity index (χ0n) is 8.43. The van der Waals surface area contributed by atoms with Gasteiger partial charge in [0, 0.05) is 6.54 Å². The number of hydrogen-bond donors (Lipinski definition) is 1. The van der Waals surface area contributed by atoms with Crippen LogP contribution < -0.4 is 5.32 Å². The van der Waals surface area contributed by atoms with Crippen molar-refractivity contribution in [1.82, 2.24) is 5.32 Å². The standard InChI is InChI=1S/C8H13N3O2S2/c1-14-8(11-6-9)10-4-7-2-3-15(12,13)5-7/h7H,2-5H2,1H3,(H,10,11). The molecule has 1 N–H and O–H groups in total. The monoisotopic (exact) mass is 247 g/mol. The van der Waals surface area contributed by atoms with Crippen molar-refractivity contribution in [1.29, 1.82) is 5.26 Å². The van der Waals surface area contributed by atoms with Crippen LogP contribution in [0.4, 0.5) is 0 Å². The summed E-state index contributed by atoms with van der Waals surface area (Å²) >= 11 is 1.34. The van der Waals surface area contributed by atoms with Gasteiger partial charge in [-0.05, 0) is 18.6 Å². The molecule has 7 heteroatoms. The van der Waals surface area contributed by atoms with E-state index in [-0.39, 0.29) is 17.4 Å². The Morgan fingerprint density at radius 1 is 1.73 bits per heavy atom. The number of rotatable bonds is 2. The normalized spacial score (nSPS) is 24.8. The molecule has 1 fully saturated rings. The number of nitrogens with zero attached hydrogens (tertiary/aromatic N) is 2. The van der Waals surface area contributed by atoms with Gasteiger partial charge in [0.1, 0.15) is 0 Å². The SMILES string of the molecule is CSC(=NCC1CCS(=O)(=O)C1)NC#N. The fourth-order valence-corrected chi connectivity index (χ4v) is 3.63. The molecular weight excluding hydrogens is 234 g/mol. The van der Waals surface area contributed by atoms with Gasteiger partial charge in [0.15, 0.2) is 21.2 Å². The average Bonchev–Trinajstić information content (AvgIpc) is 2.53. The third-order valence-corrected chi connectivity index (χ3v) is 4.63. The van der Waals surface area contributed by atoms with E-state index >= 15 is 0 Å². The molecule has 1 aliphatic rings. The van der Waals surface area contributed by atoms with Crippen LogP contribution in [0, 0.1) is 17.4 Å². The maximum absolute atomic E-state index is 11.2. The summed E-state index contributed by atoms with van der Waals surface area (Å²) in [7, 11) is -2.82. The minimum Gasteiger partial charge on any atom is -0.272 e. The third-order valence-electron chi connectivity index (χ3n) is 2.18. The number of aliphatic imine (C=N–C) groups is 1. The quantitative estimate of drug-likeness (QED) is 0.326. The lowest BCUT2D eigenvalue weighted by Gasteiger charge is -2.04. The fraction of sp³-hybridized carbons (Fsp3) is 0.750. The van der Waals surface area contributed by atoms with Gasteiger partial charge in [-0.25, -0.2) is 8.42 Å². The van der Waals surface area contributed by atoms with Gasteiger partial charge in [-0.1, -0.05) is 11.8 Å². The van der Waals surface area contributed by atoms with E-state index in [0.717, 1.165) is 0 Å². The summed E-state index contributed by atoms with van der Waals surface area (Å²) in [5.41, 5.74) is 0. The van der Waals surface area contributed by atoms with Crippen molar-refractivity contribution in [3.63, 3.8) is 0 Å². The first-order chi connectivity index (χ1) is 7.07. The second-order valence-electron chi connectivity index (χ2n) is 3.36. The molecule has 0 saturated carbocycles. The van der Waals surface area contributed by atoms with E-state index < -0.39 is 9.84 Å². The summed E-state index contributed by atoms with van der Waals surface area (Å²) in [6.07, 6.45) is 4.29. The average molecular weight is 247 g/mol. The molecule has 0 spiro atoms. The molecule has 1 unspecified atom stereocenters. The molecule has 1 rings (SSSR count). The van der Waals surface area contributed by atoms with Crippen LogP contribution in [-0.4, -0.2) is 37.9 Å². The molecule has 5 nitrogen and oxygen atoms in total. The van der Waals surface area contributed by atoms with Crippen molar-refractivity contribution in [2.75, 3.05) is 24.3 Å². The van der Waals surface area contributed by atoms with Crippen LogP contribution >= 0.6 is 11.8 Å². The van der Waals surface area contributed by atoms with E-state index in [9.17, 15) is 8.42 Å². The van der Waals surface area contributed by atoms with Gasteiger partial charge in [-0.2, -0.15) is 5.26 Å². The molecule has 15 heavy (non-hydrogen) atoms. The highest BCUT2D eigenvalue weighted by molar-refractivity contribution is 8.13. The third kappa shape index (κ3) is 4.10. The number of sulfone groups is 1. The summed E-state index contributed by atoms with van der Waals surface area (Å²) in [6.45, 7) is 0.476. The zero-order valence-corrected chi connectivity index (χ0v) is 10.1. The first-order valence-electron chi connectivity index (χ1n) is 4.51. The van der Waals surface area contributed by atoms with Crippen LogP contribution in [0.2, 0.25) is 0 Å². The molecule has 0 bridgehead atoms. The van der Waals surface area contributed by atoms with E-state index in [1.54, 1.807) is 6.19 Å². The van der Waals surface area contributed by atoms with E-state index in [4.69, 9.17) is 5.26 Å². The number of amidine groups is 1. The number of nitrogens with one attached hydrogen (secondary N) is 1. The van der Waals surface area contributed by atoms with Crippen LogP contribution in [0.3, 0.4) is 0 Å². The number of thioether (sulfide) groups is 1. The highest BCUT2D eigenvalue weighted by Gasteiger charge is 2.27. The van der Waals surface area contributed by atoms with E-state index in [1.165, 1.54) is 11.8 Å². The van der Waals surface area contributed by atoms with Crippen LogP contribution in [0.5, 0.6) is 0 Å². The molecule has 0 radical (unpaired) electrons. The van der Waals surface area contributed by atoms with Gasteiger partial charge in [-0.3, -0.25) is 10.3 Å². The maximum Gasteiger partial charge on any atom is 0.183 e. The second kappa shape index (κ2) is 5.37. The molecule has 84 valence electrons. The molecular formula is C8H13N3O2S2. The number of hydrogen-bond acceptors (Lipinski definition) is 5. The largest absolute Gasteiger partial charge is 0.272 e. The van der Waals surface area contributed by atoms with Crippen molar-refractivity contribution in [3.05, 3.63) is 0 Å². The Bertz CT molecular complexity index is 383. The van der Waals surface area contributed by atoms with Crippen LogP contribution in [0.15, 0.2) is 4.99 Å². The lowest BCUT2D eigenvalue weighted by Crippen LogP contribution is -2.16. The molecule has 1 heterocycles. The van der Waals surface area contributed by atoms with Crippen molar-refractivity contribution in [3.8, 4) is 6.19 Å². The lowest BCUT2D eigenvalue weighted by atomic mass is 10.1. The van der Waals surface area contributed by atoms with Crippen molar-refractivity contribution >= 4 is 26.8 Å². The molecule has 0 aromatic heterocycles. The highest BCUT2D eigenvalue weighted by Crippen LogP contribution is 2.18. The first kappa shape index (κ1) is 12.3. The van der Waals surface area contributed by atoms with Gasteiger partial charge in [0.05, 0.1) is 11.5 Å².